The number of nitrogens with one attached hydrogen (secondary N) is 1. The molecule has 1 N–H and O–H groups in total. The van der Waals surface area contributed by atoms with Crippen LogP contribution in [0.2, 0.25) is 5.02 Å². The average Bonchev–Trinajstić information content (AvgIpc) is 3.01. The summed E-state index contributed by atoms with van der Waals surface area (Å²) in [6, 6.07) is 14.1. The number of carbonyl (C=O) groups excluding carboxylic acids is 1. The van der Waals surface area contributed by atoms with Crippen molar-refractivity contribution in [2.45, 2.75) is 37.5 Å². The molecule has 25 heavy (non-hydrogen) atoms. The Morgan fingerprint density at radius 3 is 2.84 bits per heavy atom. The molecule has 0 aromatic heterocycles. The Kier molecular flexibility index (Phi) is 4.43. The van der Waals surface area contributed by atoms with E-state index in [1.54, 1.807) is 0 Å². The molecule has 1 aliphatic heterocycles. The third-order valence-electron chi connectivity index (χ3n) is 5.47. The molecule has 3 nitrogen and oxygen atoms in total. The van der Waals surface area contributed by atoms with Crippen LogP contribution in [0.5, 0.6) is 5.75 Å². The Labute approximate surface area is 153 Å². The van der Waals surface area contributed by atoms with E-state index in [2.05, 4.69) is 17.4 Å². The smallest absolute Gasteiger partial charge is 0.230 e. The molecular formula is C21H22ClNO2. The quantitative estimate of drug-likeness (QED) is 0.878. The Balaban J connectivity index is 1.40. The lowest BCUT2D eigenvalue weighted by Gasteiger charge is -2.40. The summed E-state index contributed by atoms with van der Waals surface area (Å²) in [6.07, 6.45) is 4.70. The number of rotatable bonds is 5. The molecule has 1 saturated carbocycles. The van der Waals surface area contributed by atoms with Crippen molar-refractivity contribution in [2.75, 3.05) is 13.2 Å². The Hall–Kier alpha value is -2.00. The van der Waals surface area contributed by atoms with Gasteiger partial charge in [-0.25, -0.2) is 0 Å². The van der Waals surface area contributed by atoms with Gasteiger partial charge in [0.1, 0.15) is 5.75 Å². The van der Waals surface area contributed by atoms with E-state index >= 15 is 0 Å². The van der Waals surface area contributed by atoms with E-state index in [0.29, 0.717) is 11.6 Å². The minimum absolute atomic E-state index is 0.130. The monoisotopic (exact) mass is 355 g/mol. The maximum absolute atomic E-state index is 12.9. The van der Waals surface area contributed by atoms with Crippen molar-refractivity contribution in [3.8, 4) is 5.75 Å². The van der Waals surface area contributed by atoms with Gasteiger partial charge in [0.25, 0.3) is 0 Å². The molecule has 2 aliphatic rings. The van der Waals surface area contributed by atoms with E-state index in [0.717, 1.165) is 50.0 Å². The second-order valence-corrected chi connectivity index (χ2v) is 7.43. The van der Waals surface area contributed by atoms with E-state index in [-0.39, 0.29) is 5.91 Å². The van der Waals surface area contributed by atoms with Gasteiger partial charge in [-0.1, -0.05) is 42.3 Å². The van der Waals surface area contributed by atoms with E-state index in [4.69, 9.17) is 16.3 Å². The zero-order valence-corrected chi connectivity index (χ0v) is 14.9. The molecule has 1 aliphatic carbocycles. The highest BCUT2D eigenvalue weighted by Gasteiger charge is 2.45. The minimum atomic E-state index is -0.392. The van der Waals surface area contributed by atoms with Crippen molar-refractivity contribution < 1.29 is 9.53 Å². The second-order valence-electron chi connectivity index (χ2n) is 6.99. The van der Waals surface area contributed by atoms with Crippen LogP contribution in [0.3, 0.4) is 0 Å². The molecule has 1 heterocycles. The number of ether oxygens (including phenoxy) is 1. The number of benzene rings is 2. The first-order valence-corrected chi connectivity index (χ1v) is 9.34. The van der Waals surface area contributed by atoms with Crippen molar-refractivity contribution >= 4 is 17.5 Å². The maximum Gasteiger partial charge on any atom is 0.230 e. The third kappa shape index (κ3) is 3.13. The summed E-state index contributed by atoms with van der Waals surface area (Å²) in [5, 5.41) is 3.84. The van der Waals surface area contributed by atoms with Crippen molar-refractivity contribution in [3.05, 3.63) is 64.2 Å². The summed E-state index contributed by atoms with van der Waals surface area (Å²) in [5.41, 5.74) is 3.17. The normalized spacial score (nSPS) is 17.3. The molecule has 4 rings (SSSR count). The lowest BCUT2D eigenvalue weighted by molar-refractivity contribution is -0.129. The van der Waals surface area contributed by atoms with E-state index < -0.39 is 5.41 Å². The first kappa shape index (κ1) is 16.5. The molecule has 0 bridgehead atoms. The Bertz CT molecular complexity index is 798. The van der Waals surface area contributed by atoms with E-state index in [1.807, 2.05) is 30.3 Å². The second kappa shape index (κ2) is 6.72. The van der Waals surface area contributed by atoms with Crippen LogP contribution >= 0.6 is 11.6 Å². The Morgan fingerprint density at radius 1 is 1.20 bits per heavy atom. The molecular weight excluding hydrogens is 334 g/mol. The highest BCUT2D eigenvalue weighted by Crippen LogP contribution is 2.44. The fourth-order valence-corrected chi connectivity index (χ4v) is 4.04. The van der Waals surface area contributed by atoms with Gasteiger partial charge in [0.15, 0.2) is 0 Å². The molecule has 0 spiro atoms. The van der Waals surface area contributed by atoms with Crippen LogP contribution in [0.15, 0.2) is 42.5 Å². The van der Waals surface area contributed by atoms with Crippen molar-refractivity contribution in [2.24, 2.45) is 0 Å². The van der Waals surface area contributed by atoms with Gasteiger partial charge in [-0.15, -0.1) is 0 Å². The van der Waals surface area contributed by atoms with Crippen LogP contribution in [0, 0.1) is 0 Å². The van der Waals surface area contributed by atoms with Crippen molar-refractivity contribution in [1.29, 1.82) is 0 Å². The lowest BCUT2D eigenvalue weighted by Crippen LogP contribution is -2.49. The van der Waals surface area contributed by atoms with Crippen LogP contribution in [-0.2, 0) is 23.1 Å². The van der Waals surface area contributed by atoms with Crippen LogP contribution < -0.4 is 10.1 Å². The summed E-state index contributed by atoms with van der Waals surface area (Å²) in [7, 11) is 0. The van der Waals surface area contributed by atoms with Crippen molar-refractivity contribution in [3.63, 3.8) is 0 Å². The first-order valence-electron chi connectivity index (χ1n) is 8.96. The zero-order valence-electron chi connectivity index (χ0n) is 14.2. The molecule has 2 aromatic rings. The van der Waals surface area contributed by atoms with E-state index in [9.17, 15) is 4.79 Å². The van der Waals surface area contributed by atoms with Gasteiger partial charge in [0.2, 0.25) is 5.91 Å². The van der Waals surface area contributed by atoms with Crippen molar-refractivity contribution in [1.82, 2.24) is 5.32 Å². The van der Waals surface area contributed by atoms with Crippen LogP contribution in [0.4, 0.5) is 0 Å². The molecule has 0 atom stereocenters. The van der Waals surface area contributed by atoms with Gasteiger partial charge in [0.05, 0.1) is 12.0 Å². The number of carbonyl (C=O) groups is 1. The highest BCUT2D eigenvalue weighted by atomic mass is 35.5. The molecule has 0 radical (unpaired) electrons. The third-order valence-corrected chi connectivity index (χ3v) is 5.71. The molecule has 1 fully saturated rings. The molecule has 0 saturated heterocycles. The molecule has 0 unspecified atom stereocenters. The maximum atomic E-state index is 12.9. The summed E-state index contributed by atoms with van der Waals surface area (Å²) in [4.78, 5) is 12.9. The molecule has 1 amide bonds. The van der Waals surface area contributed by atoms with Gasteiger partial charge in [-0.05, 0) is 54.2 Å². The fraction of sp³-hybridized carbons (Fsp3) is 0.381. The summed E-state index contributed by atoms with van der Waals surface area (Å²) in [6.45, 7) is 1.43. The SMILES string of the molecule is O=C(NCCc1ccc2c(c1)CCO2)C1(c2cccc(Cl)c2)CCC1. The minimum Gasteiger partial charge on any atom is -0.493 e. The lowest BCUT2D eigenvalue weighted by atomic mass is 9.64. The average molecular weight is 356 g/mol. The standard InChI is InChI=1S/C21H22ClNO2/c22-18-4-1-3-17(14-18)21(9-2-10-21)20(24)23-11-7-15-5-6-19-16(13-15)8-12-25-19/h1,3-6,13-14H,2,7-12H2,(H,23,24). The number of amides is 1. The summed E-state index contributed by atoms with van der Waals surface area (Å²) in [5.74, 6) is 1.13. The van der Waals surface area contributed by atoms with Gasteiger partial charge in [-0.3, -0.25) is 4.79 Å². The molecule has 2 aromatic carbocycles. The highest BCUT2D eigenvalue weighted by molar-refractivity contribution is 6.30. The van der Waals surface area contributed by atoms with Crippen LogP contribution in [0.1, 0.15) is 36.0 Å². The van der Waals surface area contributed by atoms with Crippen LogP contribution in [0.25, 0.3) is 0 Å². The zero-order chi connectivity index (χ0) is 17.3. The summed E-state index contributed by atoms with van der Waals surface area (Å²) < 4.78 is 5.54. The molecule has 4 heteroatoms. The number of hydrogen-bond acceptors (Lipinski definition) is 2. The van der Waals surface area contributed by atoms with Gasteiger partial charge in [-0.2, -0.15) is 0 Å². The number of halogens is 1. The Morgan fingerprint density at radius 2 is 2.08 bits per heavy atom. The molecule has 130 valence electrons. The number of hydrogen-bond donors (Lipinski definition) is 1. The summed E-state index contributed by atoms with van der Waals surface area (Å²) >= 11 is 6.13. The predicted octanol–water partition coefficient (Wildman–Crippen LogP) is 4.06. The topological polar surface area (TPSA) is 38.3 Å². The van der Waals surface area contributed by atoms with Gasteiger partial charge >= 0.3 is 0 Å². The van der Waals surface area contributed by atoms with Crippen LogP contribution in [-0.4, -0.2) is 19.1 Å². The number of fused-ring (bicyclic) bond motifs is 1. The fourth-order valence-electron chi connectivity index (χ4n) is 3.85. The van der Waals surface area contributed by atoms with Gasteiger partial charge in [0, 0.05) is 18.0 Å². The predicted molar refractivity (Wildman–Crippen MR) is 99.3 cm³/mol. The largest absolute Gasteiger partial charge is 0.493 e. The first-order chi connectivity index (χ1) is 12.2. The van der Waals surface area contributed by atoms with Gasteiger partial charge < -0.3 is 10.1 Å². The van der Waals surface area contributed by atoms with E-state index in [1.165, 1.54) is 11.1 Å².